The molecule has 0 atom stereocenters. The van der Waals surface area contributed by atoms with Crippen molar-refractivity contribution in [1.82, 2.24) is 15.2 Å². The number of rotatable bonds is 5. The summed E-state index contributed by atoms with van der Waals surface area (Å²) in [7, 11) is 1.83. The number of hydrogen-bond donors (Lipinski definition) is 1. The van der Waals surface area contributed by atoms with E-state index in [1.807, 2.05) is 37.5 Å². The second-order valence-electron chi connectivity index (χ2n) is 6.30. The van der Waals surface area contributed by atoms with Crippen LogP contribution in [0.5, 0.6) is 5.75 Å². The summed E-state index contributed by atoms with van der Waals surface area (Å²) in [5, 5.41) is 3.39. The maximum atomic E-state index is 5.77. The number of aryl methyl sites for hydroxylation is 1. The third-order valence-corrected chi connectivity index (χ3v) is 4.44. The highest BCUT2D eigenvalue weighted by atomic mass is 127. The molecule has 1 fully saturated rings. The molecule has 1 aromatic heterocycles. The summed E-state index contributed by atoms with van der Waals surface area (Å²) in [5.74, 6) is 2.87. The molecule has 0 saturated carbocycles. The molecule has 3 rings (SSSR count). The Morgan fingerprint density at radius 3 is 2.48 bits per heavy atom. The van der Waals surface area contributed by atoms with Gasteiger partial charge in [-0.05, 0) is 31.2 Å². The monoisotopic (exact) mass is 481 g/mol. The molecule has 0 spiro atoms. The van der Waals surface area contributed by atoms with E-state index in [-0.39, 0.29) is 24.0 Å². The lowest BCUT2D eigenvalue weighted by molar-refractivity contribution is 0.315. The van der Waals surface area contributed by atoms with Gasteiger partial charge in [0.05, 0.1) is 6.54 Å². The van der Waals surface area contributed by atoms with Gasteiger partial charge in [-0.3, -0.25) is 4.99 Å². The van der Waals surface area contributed by atoms with E-state index in [1.165, 1.54) is 5.56 Å². The number of nitrogens with one attached hydrogen (secondary N) is 1. The number of pyridine rings is 1. The van der Waals surface area contributed by atoms with Gasteiger partial charge in [-0.25, -0.2) is 4.98 Å². The number of piperazine rings is 1. The molecule has 7 heteroatoms. The minimum absolute atomic E-state index is 0. The molecule has 27 heavy (non-hydrogen) atoms. The van der Waals surface area contributed by atoms with Crippen LogP contribution in [0.3, 0.4) is 0 Å². The minimum Gasteiger partial charge on any atom is -0.492 e. The summed E-state index contributed by atoms with van der Waals surface area (Å²) in [6.07, 6.45) is 1.84. The third-order valence-electron chi connectivity index (χ3n) is 4.44. The predicted molar refractivity (Wildman–Crippen MR) is 121 cm³/mol. The summed E-state index contributed by atoms with van der Waals surface area (Å²) < 4.78 is 5.77. The van der Waals surface area contributed by atoms with E-state index in [0.29, 0.717) is 6.61 Å². The van der Waals surface area contributed by atoms with Crippen LogP contribution in [0.1, 0.15) is 5.56 Å². The van der Waals surface area contributed by atoms with Gasteiger partial charge < -0.3 is 19.9 Å². The largest absolute Gasteiger partial charge is 0.492 e. The molecule has 0 bridgehead atoms. The smallest absolute Gasteiger partial charge is 0.193 e. The topological polar surface area (TPSA) is 53.0 Å². The third kappa shape index (κ3) is 6.27. The first-order valence-corrected chi connectivity index (χ1v) is 9.07. The fourth-order valence-electron chi connectivity index (χ4n) is 2.99. The highest BCUT2D eigenvalue weighted by Gasteiger charge is 2.20. The summed E-state index contributed by atoms with van der Waals surface area (Å²) in [5.41, 5.74) is 1.24. The normalized spacial score (nSPS) is 14.5. The molecule has 2 aromatic rings. The van der Waals surface area contributed by atoms with Crippen molar-refractivity contribution in [3.8, 4) is 5.75 Å². The van der Waals surface area contributed by atoms with Crippen molar-refractivity contribution in [3.05, 3.63) is 54.2 Å². The van der Waals surface area contributed by atoms with Crippen molar-refractivity contribution in [1.29, 1.82) is 0 Å². The Kier molecular flexibility index (Phi) is 8.63. The van der Waals surface area contributed by atoms with E-state index in [4.69, 9.17) is 4.74 Å². The SMILES string of the molecule is CN=C(NCCOc1ccc(C)cc1)N1CCN(c2ccccn2)CC1.I. The number of guanidine groups is 1. The summed E-state index contributed by atoms with van der Waals surface area (Å²) >= 11 is 0. The average molecular weight is 481 g/mol. The molecule has 0 unspecified atom stereocenters. The van der Waals surface area contributed by atoms with Crippen LogP contribution in [-0.4, -0.2) is 62.2 Å². The first kappa shape index (κ1) is 21.3. The van der Waals surface area contributed by atoms with E-state index in [1.54, 1.807) is 0 Å². The zero-order valence-corrected chi connectivity index (χ0v) is 18.3. The van der Waals surface area contributed by atoms with Crippen molar-refractivity contribution in [2.75, 3.05) is 51.3 Å². The Balaban J connectivity index is 0.00000261. The minimum atomic E-state index is 0. The summed E-state index contributed by atoms with van der Waals surface area (Å²) in [6.45, 7) is 7.14. The molecule has 0 amide bonds. The van der Waals surface area contributed by atoms with Gasteiger partial charge in [0.2, 0.25) is 0 Å². The van der Waals surface area contributed by atoms with Gasteiger partial charge in [0.25, 0.3) is 0 Å². The Bertz CT molecular complexity index is 700. The molecule has 1 N–H and O–H groups in total. The Hall–Kier alpha value is -2.03. The van der Waals surface area contributed by atoms with Crippen LogP contribution in [-0.2, 0) is 0 Å². The van der Waals surface area contributed by atoms with Crippen LogP contribution in [0.4, 0.5) is 5.82 Å². The Morgan fingerprint density at radius 1 is 1.11 bits per heavy atom. The molecule has 6 nitrogen and oxygen atoms in total. The van der Waals surface area contributed by atoms with Crippen molar-refractivity contribution in [3.63, 3.8) is 0 Å². The average Bonchev–Trinajstić information content (AvgIpc) is 2.70. The van der Waals surface area contributed by atoms with Crippen molar-refractivity contribution in [2.24, 2.45) is 4.99 Å². The highest BCUT2D eigenvalue weighted by molar-refractivity contribution is 14.0. The molecular formula is C20H28IN5O. The maximum absolute atomic E-state index is 5.77. The molecule has 2 heterocycles. The molecule has 146 valence electrons. The number of halogens is 1. The number of aromatic nitrogens is 1. The van der Waals surface area contributed by atoms with E-state index < -0.39 is 0 Å². The molecule has 0 aliphatic carbocycles. The lowest BCUT2D eigenvalue weighted by atomic mass is 10.2. The molecule has 0 radical (unpaired) electrons. The van der Waals surface area contributed by atoms with Gasteiger partial charge in [0.15, 0.2) is 5.96 Å². The van der Waals surface area contributed by atoms with Gasteiger partial charge in [-0.2, -0.15) is 0 Å². The zero-order chi connectivity index (χ0) is 18.2. The van der Waals surface area contributed by atoms with Crippen LogP contribution in [0.25, 0.3) is 0 Å². The Morgan fingerprint density at radius 2 is 1.85 bits per heavy atom. The van der Waals surface area contributed by atoms with Crippen LogP contribution < -0.4 is 15.0 Å². The summed E-state index contributed by atoms with van der Waals surface area (Å²) in [4.78, 5) is 13.4. The number of benzene rings is 1. The van der Waals surface area contributed by atoms with Gasteiger partial charge in [0.1, 0.15) is 18.2 Å². The molecule has 1 aliphatic heterocycles. The van der Waals surface area contributed by atoms with Crippen molar-refractivity contribution >= 4 is 35.8 Å². The van der Waals surface area contributed by atoms with Crippen LogP contribution in [0.15, 0.2) is 53.7 Å². The standard InChI is InChI=1S/C20H27N5O.HI/c1-17-6-8-18(9-7-17)26-16-11-23-20(21-2)25-14-12-24(13-15-25)19-5-3-4-10-22-19;/h3-10H,11-16H2,1-2H3,(H,21,23);1H. The number of hydrogen-bond acceptors (Lipinski definition) is 4. The maximum Gasteiger partial charge on any atom is 0.193 e. The Labute approximate surface area is 178 Å². The van der Waals surface area contributed by atoms with E-state index in [2.05, 4.69) is 50.2 Å². The molecule has 1 aliphatic rings. The zero-order valence-electron chi connectivity index (χ0n) is 16.0. The fraction of sp³-hybridized carbons (Fsp3) is 0.400. The number of ether oxygens (including phenoxy) is 1. The van der Waals surface area contributed by atoms with E-state index in [9.17, 15) is 0 Å². The van der Waals surface area contributed by atoms with Gasteiger partial charge in [0, 0.05) is 39.4 Å². The quantitative estimate of drug-likeness (QED) is 0.308. The van der Waals surface area contributed by atoms with Gasteiger partial charge >= 0.3 is 0 Å². The van der Waals surface area contributed by atoms with Gasteiger partial charge in [-0.1, -0.05) is 23.8 Å². The molecule has 1 saturated heterocycles. The van der Waals surface area contributed by atoms with Crippen molar-refractivity contribution in [2.45, 2.75) is 6.92 Å². The summed E-state index contributed by atoms with van der Waals surface area (Å²) in [6, 6.07) is 14.2. The van der Waals surface area contributed by atoms with Crippen LogP contribution in [0, 0.1) is 6.92 Å². The second kappa shape index (κ2) is 11.0. The molecule has 1 aromatic carbocycles. The van der Waals surface area contributed by atoms with E-state index >= 15 is 0 Å². The first-order chi connectivity index (χ1) is 12.8. The highest BCUT2D eigenvalue weighted by Crippen LogP contribution is 2.13. The number of nitrogens with zero attached hydrogens (tertiary/aromatic N) is 4. The number of aliphatic imine (C=N–C) groups is 1. The van der Waals surface area contributed by atoms with Gasteiger partial charge in [-0.15, -0.1) is 24.0 Å². The van der Waals surface area contributed by atoms with Crippen LogP contribution in [0.2, 0.25) is 0 Å². The lowest BCUT2D eigenvalue weighted by Crippen LogP contribution is -2.53. The van der Waals surface area contributed by atoms with Crippen molar-refractivity contribution < 1.29 is 4.74 Å². The fourth-order valence-corrected chi connectivity index (χ4v) is 2.99. The number of anilines is 1. The lowest BCUT2D eigenvalue weighted by Gasteiger charge is -2.37. The molecular weight excluding hydrogens is 453 g/mol. The van der Waals surface area contributed by atoms with E-state index in [0.717, 1.165) is 50.3 Å². The first-order valence-electron chi connectivity index (χ1n) is 9.07. The van der Waals surface area contributed by atoms with Crippen LogP contribution >= 0.6 is 24.0 Å². The predicted octanol–water partition coefficient (Wildman–Crippen LogP) is 2.78. The second-order valence-corrected chi connectivity index (χ2v) is 6.30.